The molecule has 0 radical (unpaired) electrons. The van der Waals surface area contributed by atoms with Crippen molar-refractivity contribution in [2.45, 2.75) is 104 Å². The van der Waals surface area contributed by atoms with E-state index in [1.807, 2.05) is 0 Å². The molecule has 142 valence electrons. The van der Waals surface area contributed by atoms with Crippen LogP contribution in [0.15, 0.2) is 0 Å². The van der Waals surface area contributed by atoms with Crippen molar-refractivity contribution in [3.05, 3.63) is 0 Å². The maximum absolute atomic E-state index is 5.82. The molecule has 23 heavy (non-hydrogen) atoms. The van der Waals surface area contributed by atoms with Crippen molar-refractivity contribution < 1.29 is 0 Å². The van der Waals surface area contributed by atoms with Crippen molar-refractivity contribution in [3.8, 4) is 0 Å². The fourth-order valence-corrected chi connectivity index (χ4v) is 3.19. The Hall–Kier alpha value is 0.730. The van der Waals surface area contributed by atoms with Gasteiger partial charge in [-0.15, -0.1) is 28.6 Å². The fraction of sp³-hybridized carbons (Fsp3) is 1.00. The van der Waals surface area contributed by atoms with Crippen LogP contribution in [0.5, 0.6) is 0 Å². The molecule has 0 aromatic heterocycles. The van der Waals surface area contributed by atoms with Gasteiger partial charge in [0.15, 0.2) is 0 Å². The Morgan fingerprint density at radius 1 is 0.522 bits per heavy atom. The van der Waals surface area contributed by atoms with Crippen LogP contribution in [0.1, 0.15) is 104 Å². The number of unbranched alkanes of at least 4 members (excludes halogenated alkanes) is 11. The first-order valence-corrected chi connectivity index (χ1v) is 10.7. The molecule has 0 spiro atoms. The predicted octanol–water partition coefficient (Wildman–Crippen LogP) is 7.61. The van der Waals surface area contributed by atoms with Gasteiger partial charge in [0.2, 0.25) is 0 Å². The SMILES string of the molecule is Br.CCCCCCCCN(CCCCCl)CCCCCCCC. The Kier molecular flexibility index (Phi) is 25.7. The Morgan fingerprint density at radius 2 is 0.870 bits per heavy atom. The summed E-state index contributed by atoms with van der Waals surface area (Å²) in [5.41, 5.74) is 0. The van der Waals surface area contributed by atoms with Gasteiger partial charge < -0.3 is 4.90 Å². The van der Waals surface area contributed by atoms with E-state index in [1.165, 1.54) is 110 Å². The molecular weight excluding hydrogens is 370 g/mol. The highest BCUT2D eigenvalue weighted by Crippen LogP contribution is 2.09. The molecule has 0 fully saturated rings. The van der Waals surface area contributed by atoms with Crippen LogP contribution in [0.4, 0.5) is 0 Å². The zero-order valence-corrected chi connectivity index (χ0v) is 18.4. The summed E-state index contributed by atoms with van der Waals surface area (Å²) in [7, 11) is 0. The number of rotatable bonds is 18. The fourth-order valence-electron chi connectivity index (χ4n) is 3.00. The van der Waals surface area contributed by atoms with Gasteiger partial charge >= 0.3 is 0 Å². The van der Waals surface area contributed by atoms with Crippen molar-refractivity contribution in [2.24, 2.45) is 0 Å². The van der Waals surface area contributed by atoms with E-state index >= 15 is 0 Å². The lowest BCUT2D eigenvalue weighted by molar-refractivity contribution is 0.256. The smallest absolute Gasteiger partial charge is 0.0223 e. The monoisotopic (exact) mass is 411 g/mol. The standard InChI is InChI=1S/C20H42ClN.BrH/c1-3-5-7-9-11-14-18-22(20-16-13-17-21)19-15-12-10-8-6-4-2;/h3-20H2,1-2H3;1H. The maximum atomic E-state index is 5.82. The molecule has 0 heterocycles. The van der Waals surface area contributed by atoms with Crippen LogP contribution in [-0.4, -0.2) is 30.4 Å². The van der Waals surface area contributed by atoms with E-state index in [0.29, 0.717) is 0 Å². The van der Waals surface area contributed by atoms with Gasteiger partial charge in [0.25, 0.3) is 0 Å². The first-order chi connectivity index (χ1) is 10.8. The molecular formula is C20H43BrClN. The molecule has 3 heteroatoms. The average molecular weight is 413 g/mol. The first kappa shape index (κ1) is 26.0. The molecule has 0 aromatic carbocycles. The summed E-state index contributed by atoms with van der Waals surface area (Å²) in [4.78, 5) is 2.70. The molecule has 0 rings (SSSR count). The first-order valence-electron chi connectivity index (χ1n) is 10.1. The van der Waals surface area contributed by atoms with E-state index in [1.54, 1.807) is 0 Å². The number of alkyl halides is 1. The summed E-state index contributed by atoms with van der Waals surface area (Å²) >= 11 is 5.82. The zero-order valence-electron chi connectivity index (χ0n) is 16.0. The largest absolute Gasteiger partial charge is 0.303 e. The number of hydrogen-bond donors (Lipinski definition) is 0. The van der Waals surface area contributed by atoms with Crippen LogP contribution in [0, 0.1) is 0 Å². The minimum absolute atomic E-state index is 0. The molecule has 0 amide bonds. The molecule has 0 aliphatic rings. The Bertz CT molecular complexity index is 186. The molecule has 0 aliphatic carbocycles. The summed E-state index contributed by atoms with van der Waals surface area (Å²) < 4.78 is 0. The third-order valence-electron chi connectivity index (χ3n) is 4.51. The highest BCUT2D eigenvalue weighted by molar-refractivity contribution is 8.93. The van der Waals surface area contributed by atoms with Crippen molar-refractivity contribution in [1.82, 2.24) is 4.90 Å². The third kappa shape index (κ3) is 20.7. The molecule has 0 aliphatic heterocycles. The van der Waals surface area contributed by atoms with E-state index in [4.69, 9.17) is 11.6 Å². The second kappa shape index (κ2) is 22.7. The lowest BCUT2D eigenvalue weighted by atomic mass is 10.1. The second-order valence-electron chi connectivity index (χ2n) is 6.77. The van der Waals surface area contributed by atoms with Crippen LogP contribution < -0.4 is 0 Å². The number of nitrogens with zero attached hydrogens (tertiary/aromatic N) is 1. The van der Waals surface area contributed by atoms with Gasteiger partial charge in [0, 0.05) is 5.88 Å². The van der Waals surface area contributed by atoms with Gasteiger partial charge in [-0.25, -0.2) is 0 Å². The minimum Gasteiger partial charge on any atom is -0.303 e. The van der Waals surface area contributed by atoms with Crippen LogP contribution in [-0.2, 0) is 0 Å². The summed E-state index contributed by atoms with van der Waals surface area (Å²) in [6, 6.07) is 0. The quantitative estimate of drug-likeness (QED) is 0.165. The maximum Gasteiger partial charge on any atom is 0.0223 e. The van der Waals surface area contributed by atoms with Crippen LogP contribution in [0.2, 0.25) is 0 Å². The zero-order chi connectivity index (χ0) is 16.3. The van der Waals surface area contributed by atoms with E-state index < -0.39 is 0 Å². The van der Waals surface area contributed by atoms with E-state index in [0.717, 1.165) is 5.88 Å². The number of hydrogen-bond acceptors (Lipinski definition) is 1. The van der Waals surface area contributed by atoms with Gasteiger partial charge in [-0.2, -0.15) is 0 Å². The van der Waals surface area contributed by atoms with Crippen molar-refractivity contribution >= 4 is 28.6 Å². The second-order valence-corrected chi connectivity index (χ2v) is 7.15. The summed E-state index contributed by atoms with van der Waals surface area (Å²) in [6.07, 6.45) is 19.3. The van der Waals surface area contributed by atoms with Crippen LogP contribution in [0.3, 0.4) is 0 Å². The van der Waals surface area contributed by atoms with Crippen LogP contribution in [0.25, 0.3) is 0 Å². The lowest BCUT2D eigenvalue weighted by Crippen LogP contribution is -2.27. The lowest BCUT2D eigenvalue weighted by Gasteiger charge is -2.22. The normalized spacial score (nSPS) is 11.0. The summed E-state index contributed by atoms with van der Waals surface area (Å²) in [5, 5.41) is 0. The van der Waals surface area contributed by atoms with Crippen molar-refractivity contribution in [2.75, 3.05) is 25.5 Å². The Balaban J connectivity index is 0. The highest BCUT2D eigenvalue weighted by atomic mass is 79.9. The summed E-state index contributed by atoms with van der Waals surface area (Å²) in [5.74, 6) is 0.821. The van der Waals surface area contributed by atoms with Gasteiger partial charge in [0.05, 0.1) is 0 Å². The van der Waals surface area contributed by atoms with Gasteiger partial charge in [-0.05, 0) is 45.3 Å². The predicted molar refractivity (Wildman–Crippen MR) is 113 cm³/mol. The molecule has 0 saturated carbocycles. The topological polar surface area (TPSA) is 3.24 Å². The third-order valence-corrected chi connectivity index (χ3v) is 4.78. The van der Waals surface area contributed by atoms with E-state index in [9.17, 15) is 0 Å². The molecule has 0 unspecified atom stereocenters. The molecule has 1 nitrogen and oxygen atoms in total. The molecule has 0 N–H and O–H groups in total. The van der Waals surface area contributed by atoms with Crippen LogP contribution >= 0.6 is 28.6 Å². The van der Waals surface area contributed by atoms with Crippen molar-refractivity contribution in [3.63, 3.8) is 0 Å². The van der Waals surface area contributed by atoms with E-state index in [-0.39, 0.29) is 17.0 Å². The molecule has 0 saturated heterocycles. The number of halogens is 2. The molecule has 0 atom stereocenters. The minimum atomic E-state index is 0. The molecule has 0 aromatic rings. The highest BCUT2D eigenvalue weighted by Gasteiger charge is 2.04. The van der Waals surface area contributed by atoms with Gasteiger partial charge in [-0.3, -0.25) is 0 Å². The van der Waals surface area contributed by atoms with Crippen molar-refractivity contribution in [1.29, 1.82) is 0 Å². The Labute approximate surface area is 162 Å². The summed E-state index contributed by atoms with van der Waals surface area (Å²) in [6.45, 7) is 8.46. The average Bonchev–Trinajstić information content (AvgIpc) is 2.53. The van der Waals surface area contributed by atoms with Gasteiger partial charge in [-0.1, -0.05) is 78.1 Å². The van der Waals surface area contributed by atoms with E-state index in [2.05, 4.69) is 18.7 Å². The Morgan fingerprint density at radius 3 is 1.26 bits per heavy atom. The molecule has 0 bridgehead atoms. The van der Waals surface area contributed by atoms with Gasteiger partial charge in [0.1, 0.15) is 0 Å².